The summed E-state index contributed by atoms with van der Waals surface area (Å²) in [5, 5.41) is -1.68. The van der Waals surface area contributed by atoms with Crippen LogP contribution in [0.15, 0.2) is 168 Å². The van der Waals surface area contributed by atoms with Crippen LogP contribution in [0.3, 0.4) is 0 Å². The standard InChI is InChI=1S/C54H36BN3OS/c1-54(2,3)33-29-43-49-44(30-33)58-41-22-11-18-35-34-16-7-9-20-39(34)56(50(35)41)42-23-12-19-38(52(42)58)55(49)53-51(37-28-32(26-27-45(37)59-53)31-14-5-4-6-15-31)57(43)40-21-13-25-47-48(40)36-17-8-10-24-46(36)60-47/h4-30H,1-3H3/i4D,5D,6D,7D,8D,9D,10D,11D,12D,13D,14D,15D,16D,17D,18D,19D,20D,21D,22D,23D,24D,25D,26D,27D,28D,29D,30D. The second kappa shape index (κ2) is 11.4. The summed E-state index contributed by atoms with van der Waals surface area (Å²) < 4.78 is 262. The van der Waals surface area contributed by atoms with Gasteiger partial charge in [-0.2, -0.15) is 0 Å². The van der Waals surface area contributed by atoms with Gasteiger partial charge >= 0.3 is 0 Å². The molecule has 3 aliphatic heterocycles. The highest BCUT2D eigenvalue weighted by atomic mass is 32.1. The van der Waals surface area contributed by atoms with E-state index >= 15 is 0 Å². The molecule has 6 heterocycles. The first kappa shape index (κ1) is 16.6. The Morgan fingerprint density at radius 3 is 2.08 bits per heavy atom. The van der Waals surface area contributed by atoms with E-state index in [1.165, 1.54) is 9.47 Å². The number of nitrogens with zero attached hydrogens (tertiary/aromatic N) is 3. The Bertz CT molecular complexity index is 5250. The van der Waals surface area contributed by atoms with Crippen LogP contribution in [-0.4, -0.2) is 11.3 Å². The number of hydrogen-bond acceptors (Lipinski definition) is 4. The first-order chi connectivity index (χ1) is 40.7. The molecule has 4 nitrogen and oxygen atoms in total. The monoisotopic (exact) mass is 812 g/mol. The molecule has 0 saturated carbocycles. The third kappa shape index (κ3) is 4.11. The molecule has 11 aromatic rings. The zero-order chi connectivity index (χ0) is 63.1. The van der Waals surface area contributed by atoms with Gasteiger partial charge < -0.3 is 18.8 Å². The largest absolute Gasteiger partial charge is 0.468 e. The Kier molecular flexibility index (Phi) is 3.14. The van der Waals surface area contributed by atoms with Gasteiger partial charge in [-0.25, -0.2) is 0 Å². The minimum Gasteiger partial charge on any atom is -0.468 e. The van der Waals surface area contributed by atoms with Crippen LogP contribution >= 0.6 is 11.3 Å². The molecule has 0 amide bonds. The van der Waals surface area contributed by atoms with Gasteiger partial charge in [-0.1, -0.05) is 123 Å². The van der Waals surface area contributed by atoms with E-state index < -0.39 is 220 Å². The molecule has 0 spiro atoms. The van der Waals surface area contributed by atoms with Crippen LogP contribution in [0.5, 0.6) is 0 Å². The summed E-state index contributed by atoms with van der Waals surface area (Å²) in [6.07, 6.45) is 0. The average molecular weight is 813 g/mol. The Balaban J connectivity index is 1.30. The minimum atomic E-state index is -1.82. The lowest BCUT2D eigenvalue weighted by molar-refractivity contribution is 0.590. The zero-order valence-corrected chi connectivity index (χ0v) is 32.1. The lowest BCUT2D eigenvalue weighted by Gasteiger charge is -2.45. The number of thiophene rings is 1. The summed E-state index contributed by atoms with van der Waals surface area (Å²) in [7, 11) is 0. The number of para-hydroxylation sites is 3. The Labute approximate surface area is 389 Å². The Hall–Kier alpha value is -7.02. The Morgan fingerprint density at radius 2 is 1.23 bits per heavy atom. The van der Waals surface area contributed by atoms with E-state index in [1.807, 2.05) is 0 Å². The molecule has 282 valence electrons. The fourth-order valence-corrected chi connectivity index (χ4v) is 9.85. The van der Waals surface area contributed by atoms with Crippen molar-refractivity contribution in [1.82, 2.24) is 4.57 Å². The third-order valence-electron chi connectivity index (χ3n) is 11.3. The van der Waals surface area contributed by atoms with Crippen LogP contribution in [-0.2, 0) is 5.41 Å². The second-order valence-corrected chi connectivity index (χ2v) is 16.6. The molecule has 0 fully saturated rings. The van der Waals surface area contributed by atoms with Gasteiger partial charge in [-0.05, 0) is 93.5 Å². The van der Waals surface area contributed by atoms with Crippen LogP contribution in [0.25, 0.3) is 69.8 Å². The van der Waals surface area contributed by atoms with Gasteiger partial charge in [0, 0.05) is 47.7 Å². The van der Waals surface area contributed by atoms with Crippen molar-refractivity contribution < 1.29 is 41.4 Å². The summed E-state index contributed by atoms with van der Waals surface area (Å²) in [5.74, 6) is 0. The maximum atomic E-state index is 10.7. The highest BCUT2D eigenvalue weighted by Gasteiger charge is 2.49. The van der Waals surface area contributed by atoms with Gasteiger partial charge in [0.15, 0.2) is 0 Å². The second-order valence-electron chi connectivity index (χ2n) is 15.6. The zero-order valence-electron chi connectivity index (χ0n) is 58.2. The van der Waals surface area contributed by atoms with E-state index in [4.69, 9.17) is 18.1 Å². The number of aromatic nitrogens is 1. The molecule has 0 N–H and O–H groups in total. The smallest absolute Gasteiger partial charge is 0.297 e. The molecule has 0 bridgehead atoms. The predicted octanol–water partition coefficient (Wildman–Crippen LogP) is 13.3. The van der Waals surface area contributed by atoms with Crippen molar-refractivity contribution in [2.24, 2.45) is 0 Å². The highest BCUT2D eigenvalue weighted by Crippen LogP contribution is 2.55. The molecule has 0 atom stereocenters. The van der Waals surface area contributed by atoms with Gasteiger partial charge in [-0.3, -0.25) is 0 Å². The van der Waals surface area contributed by atoms with Crippen molar-refractivity contribution in [1.29, 1.82) is 0 Å². The van der Waals surface area contributed by atoms with E-state index in [-0.39, 0.29) is 81.2 Å². The fourth-order valence-electron chi connectivity index (χ4n) is 8.88. The van der Waals surface area contributed by atoms with Crippen molar-refractivity contribution in [3.8, 4) is 16.8 Å². The van der Waals surface area contributed by atoms with Crippen LogP contribution in [0, 0.1) is 0 Å². The van der Waals surface area contributed by atoms with Crippen molar-refractivity contribution >= 4 is 122 Å². The molecule has 60 heavy (non-hydrogen) atoms. The molecule has 0 aliphatic carbocycles. The molecule has 8 aromatic carbocycles. The van der Waals surface area contributed by atoms with Gasteiger partial charge in [0.1, 0.15) is 5.58 Å². The lowest BCUT2D eigenvalue weighted by Crippen LogP contribution is -2.61. The fraction of sp³-hybridized carbons (Fsp3) is 0.0741. The molecule has 0 unspecified atom stereocenters. The highest BCUT2D eigenvalue weighted by molar-refractivity contribution is 7.26. The Morgan fingerprint density at radius 1 is 0.550 bits per heavy atom. The van der Waals surface area contributed by atoms with Gasteiger partial charge in [-0.15, -0.1) is 11.3 Å². The number of anilines is 6. The first-order valence-electron chi connectivity index (χ1n) is 32.2. The predicted molar refractivity (Wildman–Crippen MR) is 255 cm³/mol. The summed E-state index contributed by atoms with van der Waals surface area (Å²) in [5.41, 5.74) is -7.87. The topological polar surface area (TPSA) is 24.6 Å². The van der Waals surface area contributed by atoms with Crippen molar-refractivity contribution in [2.45, 2.75) is 26.2 Å². The SMILES string of the molecule is [2H]c1c([2H])c([2H])c(-c2c([2H])c([2H])c3oc4c(c3c2[2H])N(c2c([2H])c([2H])c([2H])c3sc5c([2H])c([2H])c([2H])c([2H])c5c23)c2c([2H])c(C(C)(C)C)c([2H])c3c2B4c2c([2H])c([2H])c([2H])c4c2N3c2c([2H])c([2H])c([2H])c3c5c([2H])c([2H])c([2H])c([2H])c5n-4c23)c([2H])c1[2H]. The van der Waals surface area contributed by atoms with E-state index in [0.29, 0.717) is 11.3 Å². The van der Waals surface area contributed by atoms with Gasteiger partial charge in [0.25, 0.3) is 6.71 Å². The van der Waals surface area contributed by atoms with Crippen LogP contribution in [0.2, 0.25) is 0 Å². The maximum Gasteiger partial charge on any atom is 0.297 e. The summed E-state index contributed by atoms with van der Waals surface area (Å²) in [6, 6.07) is -20.3. The minimum absolute atomic E-state index is 0.129. The van der Waals surface area contributed by atoms with Crippen molar-refractivity contribution in [3.05, 3.63) is 169 Å². The number of fused-ring (bicyclic) bond motifs is 14. The molecular formula is C54H36BN3OS. The van der Waals surface area contributed by atoms with Gasteiger partial charge in [0.05, 0.1) is 82.1 Å². The van der Waals surface area contributed by atoms with E-state index in [0.717, 1.165) is 4.90 Å². The normalized spacial score (nSPS) is 20.1. The number of rotatable bonds is 2. The van der Waals surface area contributed by atoms with Crippen LogP contribution in [0.1, 0.15) is 63.3 Å². The number of benzene rings is 8. The van der Waals surface area contributed by atoms with Crippen molar-refractivity contribution in [2.75, 3.05) is 9.80 Å². The first-order valence-corrected chi connectivity index (χ1v) is 19.5. The molecule has 0 radical (unpaired) electrons. The summed E-state index contributed by atoms with van der Waals surface area (Å²) in [6.45, 7) is 3.11. The van der Waals surface area contributed by atoms with Gasteiger partial charge in [0.2, 0.25) is 0 Å². The quantitative estimate of drug-likeness (QED) is 0.163. The molecular weight excluding hydrogens is 749 g/mol. The van der Waals surface area contributed by atoms with E-state index in [2.05, 4.69) is 0 Å². The molecule has 3 aliphatic rings. The lowest BCUT2D eigenvalue weighted by atomic mass is 9.35. The molecule has 14 rings (SSSR count). The average Bonchev–Trinajstić information content (AvgIpc) is 1.65. The number of furan rings is 1. The van der Waals surface area contributed by atoms with E-state index in [1.54, 1.807) is 20.8 Å². The van der Waals surface area contributed by atoms with Crippen LogP contribution < -0.4 is 26.4 Å². The summed E-state index contributed by atoms with van der Waals surface area (Å²) in [4.78, 5) is 2.38. The molecule has 0 saturated heterocycles. The third-order valence-corrected chi connectivity index (χ3v) is 12.4. The van der Waals surface area contributed by atoms with Crippen molar-refractivity contribution in [3.63, 3.8) is 0 Å². The van der Waals surface area contributed by atoms with Crippen LogP contribution in [0.4, 0.5) is 34.1 Å². The molecule has 6 heteroatoms. The maximum absolute atomic E-state index is 10.7. The molecule has 3 aromatic heterocycles. The summed E-state index contributed by atoms with van der Waals surface area (Å²) >= 11 is 0.687. The number of hydrogen-bond donors (Lipinski definition) is 0. The van der Waals surface area contributed by atoms with E-state index in [9.17, 15) is 23.3 Å².